The minimum absolute atomic E-state index is 0. The number of thiazole rings is 1. The SMILES string of the molecule is C=CCOc1ccccc1CNC(=NC)NCc1ncc(C)s1.I. The zero-order valence-corrected chi connectivity index (χ0v) is 17.1. The molecule has 0 spiro atoms. The maximum atomic E-state index is 5.66. The molecule has 0 atom stereocenters. The molecule has 2 rings (SSSR count). The molecular formula is C17H23IN4OS. The summed E-state index contributed by atoms with van der Waals surface area (Å²) in [7, 11) is 1.75. The second-order valence-electron chi connectivity index (χ2n) is 4.85. The van der Waals surface area contributed by atoms with Gasteiger partial charge >= 0.3 is 0 Å². The molecule has 1 aromatic carbocycles. The molecule has 0 radical (unpaired) electrons. The fraction of sp³-hybridized carbons (Fsp3) is 0.294. The first-order chi connectivity index (χ1) is 11.2. The van der Waals surface area contributed by atoms with Crippen LogP contribution in [-0.2, 0) is 13.1 Å². The molecule has 0 aliphatic carbocycles. The van der Waals surface area contributed by atoms with E-state index in [4.69, 9.17) is 4.74 Å². The van der Waals surface area contributed by atoms with Gasteiger partial charge in [0.25, 0.3) is 0 Å². The average molecular weight is 458 g/mol. The highest BCUT2D eigenvalue weighted by atomic mass is 127. The van der Waals surface area contributed by atoms with Gasteiger partial charge in [0.1, 0.15) is 17.4 Å². The maximum Gasteiger partial charge on any atom is 0.191 e. The molecule has 0 aliphatic heterocycles. The second-order valence-corrected chi connectivity index (χ2v) is 6.17. The van der Waals surface area contributed by atoms with E-state index in [1.54, 1.807) is 24.5 Å². The van der Waals surface area contributed by atoms with E-state index in [-0.39, 0.29) is 24.0 Å². The van der Waals surface area contributed by atoms with Gasteiger partial charge in [0.15, 0.2) is 5.96 Å². The lowest BCUT2D eigenvalue weighted by Gasteiger charge is -2.13. The first-order valence-electron chi connectivity index (χ1n) is 7.40. The lowest BCUT2D eigenvalue weighted by molar-refractivity contribution is 0.358. The highest BCUT2D eigenvalue weighted by molar-refractivity contribution is 14.0. The Bertz CT molecular complexity index is 672. The van der Waals surface area contributed by atoms with Gasteiger partial charge in [-0.1, -0.05) is 30.9 Å². The van der Waals surface area contributed by atoms with Gasteiger partial charge in [0.2, 0.25) is 0 Å². The first-order valence-corrected chi connectivity index (χ1v) is 8.22. The lowest BCUT2D eigenvalue weighted by Crippen LogP contribution is -2.36. The molecule has 7 heteroatoms. The van der Waals surface area contributed by atoms with Crippen molar-refractivity contribution < 1.29 is 4.74 Å². The van der Waals surface area contributed by atoms with Gasteiger partial charge in [0, 0.05) is 30.2 Å². The van der Waals surface area contributed by atoms with Crippen molar-refractivity contribution in [2.75, 3.05) is 13.7 Å². The van der Waals surface area contributed by atoms with Crippen LogP contribution in [0.2, 0.25) is 0 Å². The zero-order chi connectivity index (χ0) is 16.5. The molecule has 2 aromatic rings. The van der Waals surface area contributed by atoms with Crippen LogP contribution in [0.1, 0.15) is 15.4 Å². The quantitative estimate of drug-likeness (QED) is 0.289. The molecule has 0 aliphatic rings. The van der Waals surface area contributed by atoms with Crippen LogP contribution < -0.4 is 15.4 Å². The number of para-hydroxylation sites is 1. The molecule has 5 nitrogen and oxygen atoms in total. The van der Waals surface area contributed by atoms with Gasteiger partial charge in [-0.2, -0.15) is 0 Å². The number of aromatic nitrogens is 1. The summed E-state index contributed by atoms with van der Waals surface area (Å²) in [6, 6.07) is 7.93. The highest BCUT2D eigenvalue weighted by Crippen LogP contribution is 2.17. The Balaban J connectivity index is 0.00000288. The lowest BCUT2D eigenvalue weighted by atomic mass is 10.2. The first kappa shape index (κ1) is 20.4. The van der Waals surface area contributed by atoms with Gasteiger partial charge in [0.05, 0.1) is 6.54 Å². The Morgan fingerprint density at radius 3 is 2.75 bits per heavy atom. The predicted octanol–water partition coefficient (Wildman–Crippen LogP) is 3.50. The summed E-state index contributed by atoms with van der Waals surface area (Å²) in [5, 5.41) is 7.59. The minimum atomic E-state index is 0. The summed E-state index contributed by atoms with van der Waals surface area (Å²) in [5.74, 6) is 1.59. The number of nitrogens with one attached hydrogen (secondary N) is 2. The topological polar surface area (TPSA) is 58.5 Å². The summed E-state index contributed by atoms with van der Waals surface area (Å²) in [6.07, 6.45) is 3.62. The Kier molecular flexibility index (Phi) is 9.39. The van der Waals surface area contributed by atoms with Crippen LogP contribution in [0.25, 0.3) is 0 Å². The van der Waals surface area contributed by atoms with Crippen molar-refractivity contribution >= 4 is 41.3 Å². The zero-order valence-electron chi connectivity index (χ0n) is 13.9. The average Bonchev–Trinajstić information content (AvgIpc) is 2.99. The molecule has 0 saturated carbocycles. The van der Waals surface area contributed by atoms with E-state index in [0.29, 0.717) is 19.7 Å². The van der Waals surface area contributed by atoms with Crippen LogP contribution in [0.4, 0.5) is 0 Å². The summed E-state index contributed by atoms with van der Waals surface area (Å²) >= 11 is 1.68. The van der Waals surface area contributed by atoms with Crippen LogP contribution in [0.5, 0.6) is 5.75 Å². The van der Waals surface area contributed by atoms with Gasteiger partial charge in [-0.05, 0) is 13.0 Å². The molecule has 130 valence electrons. The number of benzene rings is 1. The van der Waals surface area contributed by atoms with E-state index in [9.17, 15) is 0 Å². The highest BCUT2D eigenvalue weighted by Gasteiger charge is 2.05. The standard InChI is InChI=1S/C17H22N4OS.HI/c1-4-9-22-15-8-6-5-7-14(15)11-20-17(18-3)21-12-16-19-10-13(2)23-16;/h4-8,10H,1,9,11-12H2,2-3H3,(H2,18,20,21);1H. The number of hydrogen-bond donors (Lipinski definition) is 2. The Morgan fingerprint density at radius 2 is 2.08 bits per heavy atom. The van der Waals surface area contributed by atoms with Gasteiger partial charge in [-0.15, -0.1) is 35.3 Å². The Morgan fingerprint density at radius 1 is 1.33 bits per heavy atom. The Hall–Kier alpha value is -1.61. The van der Waals surface area contributed by atoms with E-state index in [1.165, 1.54) is 4.88 Å². The monoisotopic (exact) mass is 458 g/mol. The minimum Gasteiger partial charge on any atom is -0.489 e. The normalized spacial score (nSPS) is 10.7. The van der Waals surface area contributed by atoms with E-state index in [0.717, 1.165) is 22.3 Å². The number of nitrogens with zero attached hydrogens (tertiary/aromatic N) is 2. The molecule has 24 heavy (non-hydrogen) atoms. The van der Waals surface area contributed by atoms with Crippen LogP contribution in [-0.4, -0.2) is 24.6 Å². The van der Waals surface area contributed by atoms with E-state index in [2.05, 4.69) is 34.1 Å². The molecule has 0 saturated heterocycles. The third kappa shape index (κ3) is 6.48. The molecule has 0 fully saturated rings. The smallest absolute Gasteiger partial charge is 0.191 e. The molecule has 0 amide bonds. The third-order valence-electron chi connectivity index (χ3n) is 3.08. The largest absolute Gasteiger partial charge is 0.489 e. The van der Waals surface area contributed by atoms with E-state index in [1.807, 2.05) is 30.5 Å². The van der Waals surface area contributed by atoms with E-state index >= 15 is 0 Å². The number of hydrogen-bond acceptors (Lipinski definition) is 4. The fourth-order valence-electron chi connectivity index (χ4n) is 1.98. The maximum absolute atomic E-state index is 5.66. The summed E-state index contributed by atoms with van der Waals surface area (Å²) in [5.41, 5.74) is 1.07. The summed E-state index contributed by atoms with van der Waals surface area (Å²) < 4.78 is 5.66. The molecule has 1 aromatic heterocycles. The van der Waals surface area contributed by atoms with Crippen molar-refractivity contribution in [1.82, 2.24) is 15.6 Å². The number of aryl methyl sites for hydroxylation is 1. The number of ether oxygens (including phenoxy) is 1. The van der Waals surface area contributed by atoms with Gasteiger partial charge < -0.3 is 15.4 Å². The fourth-order valence-corrected chi connectivity index (χ4v) is 2.71. The molecule has 2 N–H and O–H groups in total. The molecule has 0 bridgehead atoms. The van der Waals surface area contributed by atoms with E-state index < -0.39 is 0 Å². The van der Waals surface area contributed by atoms with Crippen molar-refractivity contribution in [3.05, 3.63) is 58.6 Å². The van der Waals surface area contributed by atoms with Crippen molar-refractivity contribution in [1.29, 1.82) is 0 Å². The summed E-state index contributed by atoms with van der Waals surface area (Å²) in [4.78, 5) is 9.77. The molecule has 1 heterocycles. The van der Waals surface area contributed by atoms with Crippen molar-refractivity contribution in [2.24, 2.45) is 4.99 Å². The number of aliphatic imine (C=N–C) groups is 1. The number of rotatable bonds is 7. The van der Waals surface area contributed by atoms with Crippen molar-refractivity contribution in [3.8, 4) is 5.75 Å². The number of halogens is 1. The molecule has 0 unspecified atom stereocenters. The van der Waals surface area contributed by atoms with Gasteiger partial charge in [-0.25, -0.2) is 4.98 Å². The number of guanidine groups is 1. The summed E-state index contributed by atoms with van der Waals surface area (Å²) in [6.45, 7) is 7.50. The van der Waals surface area contributed by atoms with Crippen molar-refractivity contribution in [3.63, 3.8) is 0 Å². The van der Waals surface area contributed by atoms with Crippen LogP contribution in [0.15, 0.2) is 48.1 Å². The van der Waals surface area contributed by atoms with Crippen LogP contribution in [0.3, 0.4) is 0 Å². The second kappa shape index (κ2) is 11.0. The van der Waals surface area contributed by atoms with Crippen molar-refractivity contribution in [2.45, 2.75) is 20.0 Å². The van der Waals surface area contributed by atoms with Crippen LogP contribution in [0, 0.1) is 6.92 Å². The van der Waals surface area contributed by atoms with Gasteiger partial charge in [-0.3, -0.25) is 4.99 Å². The Labute approximate surface area is 164 Å². The van der Waals surface area contributed by atoms with Crippen LogP contribution >= 0.6 is 35.3 Å². The predicted molar refractivity (Wildman–Crippen MR) is 111 cm³/mol. The molecular weight excluding hydrogens is 435 g/mol. The third-order valence-corrected chi connectivity index (χ3v) is 3.99.